The number of carbonyl (C=O) groups excluding carboxylic acids is 2. The van der Waals surface area contributed by atoms with Gasteiger partial charge in [0.15, 0.2) is 11.4 Å². The zero-order valence-corrected chi connectivity index (χ0v) is 17.0. The van der Waals surface area contributed by atoms with E-state index in [-0.39, 0.29) is 30.6 Å². The number of aromatic amines is 1. The van der Waals surface area contributed by atoms with Crippen molar-refractivity contribution >= 4 is 22.8 Å². The summed E-state index contributed by atoms with van der Waals surface area (Å²) >= 11 is 0. The van der Waals surface area contributed by atoms with Gasteiger partial charge in [-0.25, -0.2) is 9.18 Å². The number of aromatic nitrogens is 1. The molecule has 2 heterocycles. The van der Waals surface area contributed by atoms with E-state index in [2.05, 4.69) is 15.2 Å². The van der Waals surface area contributed by atoms with Crippen LogP contribution >= 0.6 is 0 Å². The number of piperidine rings is 1. The number of oxazole rings is 1. The molecule has 162 valence electrons. The highest BCUT2D eigenvalue weighted by atomic mass is 19.1. The van der Waals surface area contributed by atoms with E-state index in [1.54, 1.807) is 12.1 Å². The minimum absolute atomic E-state index is 0.111. The number of ketones is 1. The fourth-order valence-electron chi connectivity index (χ4n) is 3.96. The third kappa shape index (κ3) is 5.46. The van der Waals surface area contributed by atoms with E-state index in [0.717, 1.165) is 37.9 Å². The van der Waals surface area contributed by atoms with Crippen LogP contribution in [0.15, 0.2) is 51.7 Å². The lowest BCUT2D eigenvalue weighted by molar-refractivity contribution is -0.122. The normalized spacial score (nSPS) is 15.3. The Bertz CT molecular complexity index is 1130. The Kier molecular flexibility index (Phi) is 6.27. The number of halogens is 1. The maximum atomic E-state index is 13.0. The predicted molar refractivity (Wildman–Crippen MR) is 113 cm³/mol. The molecule has 1 amide bonds. The van der Waals surface area contributed by atoms with Crippen molar-refractivity contribution in [2.75, 3.05) is 26.2 Å². The number of fused-ring (bicyclic) bond motifs is 1. The van der Waals surface area contributed by atoms with Gasteiger partial charge in [-0.15, -0.1) is 0 Å². The molecule has 1 aliphatic heterocycles. The number of rotatable bonds is 7. The molecule has 0 radical (unpaired) electrons. The number of hydrogen-bond acceptors (Lipinski definition) is 5. The molecule has 0 atom stereocenters. The van der Waals surface area contributed by atoms with E-state index in [9.17, 15) is 18.8 Å². The summed E-state index contributed by atoms with van der Waals surface area (Å²) < 4.78 is 18.0. The van der Waals surface area contributed by atoms with E-state index in [4.69, 9.17) is 4.42 Å². The number of carbonyl (C=O) groups is 2. The summed E-state index contributed by atoms with van der Waals surface area (Å²) in [5.41, 5.74) is 2.34. The lowest BCUT2D eigenvalue weighted by atomic mass is 9.90. The van der Waals surface area contributed by atoms with E-state index in [1.165, 1.54) is 18.2 Å². The Balaban J connectivity index is 1.20. The molecular weight excluding hydrogens is 401 g/mol. The lowest BCUT2D eigenvalue weighted by Gasteiger charge is -2.31. The van der Waals surface area contributed by atoms with Crippen LogP contribution in [0.2, 0.25) is 0 Å². The summed E-state index contributed by atoms with van der Waals surface area (Å²) in [4.78, 5) is 40.4. The molecule has 4 rings (SSSR count). The first-order valence-electron chi connectivity index (χ1n) is 10.4. The Morgan fingerprint density at radius 3 is 2.61 bits per heavy atom. The molecular formula is C23H24FN3O4. The average Bonchev–Trinajstić information content (AvgIpc) is 3.14. The number of Topliss-reactive ketones (excluding diaryl/α,β-unsaturated/α-hetero) is 1. The van der Waals surface area contributed by atoms with Crippen LogP contribution in [-0.4, -0.2) is 47.8 Å². The molecule has 0 spiro atoms. The maximum absolute atomic E-state index is 13.0. The first-order chi connectivity index (χ1) is 15.0. The quantitative estimate of drug-likeness (QED) is 0.567. The molecule has 31 heavy (non-hydrogen) atoms. The summed E-state index contributed by atoms with van der Waals surface area (Å²) in [5, 5.41) is 2.67. The van der Waals surface area contributed by atoms with Crippen molar-refractivity contribution in [1.29, 1.82) is 0 Å². The van der Waals surface area contributed by atoms with Gasteiger partial charge in [0, 0.05) is 5.56 Å². The average molecular weight is 425 g/mol. The van der Waals surface area contributed by atoms with Gasteiger partial charge in [-0.1, -0.05) is 12.1 Å². The Labute approximate surface area is 178 Å². The largest absolute Gasteiger partial charge is 0.417 e. The number of nitrogens with zero attached hydrogens (tertiary/aromatic N) is 1. The van der Waals surface area contributed by atoms with Crippen molar-refractivity contribution in [2.24, 2.45) is 5.92 Å². The molecule has 0 aliphatic carbocycles. The van der Waals surface area contributed by atoms with Crippen LogP contribution in [0, 0.1) is 11.7 Å². The Morgan fingerprint density at radius 2 is 1.87 bits per heavy atom. The summed E-state index contributed by atoms with van der Waals surface area (Å²) in [6.07, 6.45) is 2.87. The minimum Gasteiger partial charge on any atom is -0.408 e. The second kappa shape index (κ2) is 9.26. The maximum Gasteiger partial charge on any atom is 0.417 e. The van der Waals surface area contributed by atoms with Crippen molar-refractivity contribution in [3.63, 3.8) is 0 Å². The minimum atomic E-state index is -0.575. The highest BCUT2D eigenvalue weighted by Crippen LogP contribution is 2.21. The van der Waals surface area contributed by atoms with Crippen LogP contribution in [-0.2, 0) is 11.2 Å². The number of benzene rings is 2. The van der Waals surface area contributed by atoms with Crippen LogP contribution in [0.3, 0.4) is 0 Å². The number of H-pyrrole nitrogens is 1. The number of nitrogens with one attached hydrogen (secondary N) is 2. The summed E-state index contributed by atoms with van der Waals surface area (Å²) in [6.45, 7) is 1.77. The van der Waals surface area contributed by atoms with E-state index < -0.39 is 5.76 Å². The SMILES string of the molecule is O=C(CN1CCC(Cc2ccc(F)cc2)CC1)NCC(=O)c1ccc2[nH]c(=O)oc2c1. The molecule has 0 saturated carbocycles. The van der Waals surface area contributed by atoms with Crippen molar-refractivity contribution in [1.82, 2.24) is 15.2 Å². The fourth-order valence-corrected chi connectivity index (χ4v) is 3.96. The molecule has 2 aromatic carbocycles. The van der Waals surface area contributed by atoms with E-state index in [1.807, 2.05) is 12.1 Å². The summed E-state index contributed by atoms with van der Waals surface area (Å²) in [7, 11) is 0. The topological polar surface area (TPSA) is 95.4 Å². The van der Waals surface area contributed by atoms with Crippen LogP contribution in [0.1, 0.15) is 28.8 Å². The highest BCUT2D eigenvalue weighted by Gasteiger charge is 2.21. The van der Waals surface area contributed by atoms with Gasteiger partial charge in [-0.2, -0.15) is 0 Å². The van der Waals surface area contributed by atoms with Crippen molar-refractivity contribution in [3.05, 3.63) is 70.0 Å². The predicted octanol–water partition coefficient (Wildman–Crippen LogP) is 2.51. The third-order valence-electron chi connectivity index (χ3n) is 5.70. The van der Waals surface area contributed by atoms with Gasteiger partial charge < -0.3 is 9.73 Å². The zero-order valence-electron chi connectivity index (χ0n) is 17.0. The van der Waals surface area contributed by atoms with Gasteiger partial charge in [0.2, 0.25) is 5.91 Å². The highest BCUT2D eigenvalue weighted by molar-refractivity contribution is 6.01. The molecule has 1 fully saturated rings. The number of hydrogen-bond donors (Lipinski definition) is 2. The standard InChI is InChI=1S/C23H24FN3O4/c24-18-4-1-15(2-5-18)11-16-7-9-27(10-8-16)14-22(29)25-13-20(28)17-3-6-19-21(12-17)31-23(30)26-19/h1-6,12,16H,7-11,13-14H2,(H,25,29)(H,26,30). The van der Waals surface area contributed by atoms with Crippen molar-refractivity contribution < 1.29 is 18.4 Å². The first kappa shape index (κ1) is 21.0. The van der Waals surface area contributed by atoms with Gasteiger partial charge in [0.1, 0.15) is 5.82 Å². The van der Waals surface area contributed by atoms with Gasteiger partial charge in [-0.05, 0) is 74.2 Å². The van der Waals surface area contributed by atoms with E-state index >= 15 is 0 Å². The first-order valence-corrected chi connectivity index (χ1v) is 10.4. The number of likely N-dealkylation sites (tertiary alicyclic amines) is 1. The van der Waals surface area contributed by atoms with Crippen molar-refractivity contribution in [2.45, 2.75) is 19.3 Å². The summed E-state index contributed by atoms with van der Waals surface area (Å²) in [5.74, 6) is -0.722. The van der Waals surface area contributed by atoms with Crippen LogP contribution in [0.25, 0.3) is 11.1 Å². The van der Waals surface area contributed by atoms with Crippen molar-refractivity contribution in [3.8, 4) is 0 Å². The Morgan fingerprint density at radius 1 is 1.13 bits per heavy atom. The second-order valence-electron chi connectivity index (χ2n) is 7.98. The molecule has 1 aliphatic rings. The molecule has 1 aromatic heterocycles. The van der Waals surface area contributed by atoms with Crippen LogP contribution < -0.4 is 11.1 Å². The van der Waals surface area contributed by atoms with Crippen LogP contribution in [0.5, 0.6) is 0 Å². The van der Waals surface area contributed by atoms with E-state index in [0.29, 0.717) is 22.6 Å². The second-order valence-corrected chi connectivity index (χ2v) is 7.98. The molecule has 8 heteroatoms. The van der Waals surface area contributed by atoms with Gasteiger partial charge in [0.05, 0.1) is 18.6 Å². The lowest BCUT2D eigenvalue weighted by Crippen LogP contribution is -2.42. The Hall–Kier alpha value is -3.26. The van der Waals surface area contributed by atoms with Crippen LogP contribution in [0.4, 0.5) is 4.39 Å². The smallest absolute Gasteiger partial charge is 0.408 e. The molecule has 3 aromatic rings. The summed E-state index contributed by atoms with van der Waals surface area (Å²) in [6, 6.07) is 11.3. The van der Waals surface area contributed by atoms with Gasteiger partial charge in [-0.3, -0.25) is 19.5 Å². The fraction of sp³-hybridized carbons (Fsp3) is 0.348. The number of amides is 1. The third-order valence-corrected chi connectivity index (χ3v) is 5.70. The van der Waals surface area contributed by atoms with Gasteiger partial charge in [0.25, 0.3) is 0 Å². The molecule has 1 saturated heterocycles. The monoisotopic (exact) mass is 425 g/mol. The van der Waals surface area contributed by atoms with Gasteiger partial charge >= 0.3 is 5.76 Å². The molecule has 2 N–H and O–H groups in total. The molecule has 7 nitrogen and oxygen atoms in total. The zero-order chi connectivity index (χ0) is 21.8. The molecule has 0 unspecified atom stereocenters. The molecule has 0 bridgehead atoms.